The van der Waals surface area contributed by atoms with Crippen molar-refractivity contribution in [1.82, 2.24) is 4.98 Å². The Balaban J connectivity index is 3.34. The first-order valence-electron chi connectivity index (χ1n) is 5.04. The fourth-order valence-corrected chi connectivity index (χ4v) is 1.27. The number of aromatic nitrogens is 1. The molecule has 0 saturated carbocycles. The molecule has 0 saturated heterocycles. The van der Waals surface area contributed by atoms with E-state index >= 15 is 0 Å². The van der Waals surface area contributed by atoms with E-state index in [-0.39, 0.29) is 34.9 Å². The quantitative estimate of drug-likeness (QED) is 0.593. The van der Waals surface area contributed by atoms with Crippen LogP contribution >= 0.6 is 0 Å². The molecule has 0 atom stereocenters. The molecule has 92 valence electrons. The first kappa shape index (κ1) is 13.1. The lowest BCUT2D eigenvalue weighted by Crippen LogP contribution is -2.11. The highest BCUT2D eigenvalue weighted by Crippen LogP contribution is 2.29. The summed E-state index contributed by atoms with van der Waals surface area (Å²) in [7, 11) is 0. The van der Waals surface area contributed by atoms with Gasteiger partial charge in [0.1, 0.15) is 5.75 Å². The Morgan fingerprint density at radius 3 is 2.65 bits per heavy atom. The third kappa shape index (κ3) is 2.59. The molecule has 0 fully saturated rings. The third-order valence-corrected chi connectivity index (χ3v) is 2.23. The van der Waals surface area contributed by atoms with Crippen molar-refractivity contribution in [2.45, 2.75) is 26.9 Å². The summed E-state index contributed by atoms with van der Waals surface area (Å²) < 4.78 is 4.88. The van der Waals surface area contributed by atoms with Crippen LogP contribution in [0.3, 0.4) is 0 Å². The minimum atomic E-state index is -0.554. The van der Waals surface area contributed by atoms with Gasteiger partial charge in [-0.3, -0.25) is 9.59 Å². The van der Waals surface area contributed by atoms with Crippen LogP contribution in [0.25, 0.3) is 0 Å². The van der Waals surface area contributed by atoms with Crippen molar-refractivity contribution in [2.24, 2.45) is 0 Å². The first-order valence-corrected chi connectivity index (χ1v) is 5.04. The van der Waals surface area contributed by atoms with Crippen LogP contribution in [0.15, 0.2) is 0 Å². The minimum Gasteiger partial charge on any atom is -0.505 e. The number of aliphatic hydroxyl groups excluding tert-OH is 1. The largest absolute Gasteiger partial charge is 0.505 e. The maximum atomic E-state index is 11.2. The van der Waals surface area contributed by atoms with E-state index in [0.29, 0.717) is 6.29 Å². The number of nitrogens with zero attached hydrogens (tertiary/aromatic N) is 1. The summed E-state index contributed by atoms with van der Waals surface area (Å²) >= 11 is 0. The zero-order valence-electron chi connectivity index (χ0n) is 9.56. The van der Waals surface area contributed by atoms with Gasteiger partial charge in [0.05, 0.1) is 23.4 Å². The van der Waals surface area contributed by atoms with Gasteiger partial charge in [0.2, 0.25) is 5.88 Å². The summed E-state index contributed by atoms with van der Waals surface area (Å²) in [5.41, 5.74) is 0.0482. The van der Waals surface area contributed by atoms with Crippen LogP contribution in [0, 0.1) is 6.92 Å². The van der Waals surface area contributed by atoms with E-state index in [0.717, 1.165) is 0 Å². The highest BCUT2D eigenvalue weighted by atomic mass is 16.5. The van der Waals surface area contributed by atoms with Crippen LogP contribution < -0.4 is 4.74 Å². The van der Waals surface area contributed by atoms with E-state index in [2.05, 4.69) is 4.98 Å². The number of aromatic hydroxyl groups is 1. The lowest BCUT2D eigenvalue weighted by molar-refractivity contribution is -0.134. The van der Waals surface area contributed by atoms with E-state index in [4.69, 9.17) is 9.84 Å². The zero-order chi connectivity index (χ0) is 13.0. The number of aryl methyl sites for hydroxylation is 1. The molecule has 0 aliphatic rings. The van der Waals surface area contributed by atoms with Crippen LogP contribution in [0.4, 0.5) is 0 Å². The SMILES string of the molecule is CCC(=O)Oc1nc(C)c(O)c(C=O)c1CO. The number of aliphatic hydroxyl groups is 1. The molecule has 1 aromatic rings. The zero-order valence-corrected chi connectivity index (χ0v) is 9.56. The topological polar surface area (TPSA) is 96.7 Å². The molecule has 17 heavy (non-hydrogen) atoms. The molecule has 0 radical (unpaired) electrons. The Kier molecular flexibility index (Phi) is 4.17. The number of carbonyl (C=O) groups is 2. The van der Waals surface area contributed by atoms with Crippen LogP contribution in [-0.4, -0.2) is 27.5 Å². The highest BCUT2D eigenvalue weighted by molar-refractivity contribution is 5.83. The molecule has 0 bridgehead atoms. The molecule has 1 aromatic heterocycles. The molecule has 6 nitrogen and oxygen atoms in total. The standard InChI is InChI=1S/C11H13NO5/c1-3-9(15)17-11-8(5-14)7(4-13)10(16)6(2)12-11/h4,14,16H,3,5H2,1-2H3. The molecule has 1 rings (SSSR count). The predicted octanol–water partition coefficient (Wildman–Crippen LogP) is 0.716. The van der Waals surface area contributed by atoms with Crippen molar-refractivity contribution in [2.75, 3.05) is 0 Å². The van der Waals surface area contributed by atoms with Crippen LogP contribution in [-0.2, 0) is 11.4 Å². The Bertz CT molecular complexity index is 456. The smallest absolute Gasteiger partial charge is 0.312 e. The number of aldehydes is 1. The third-order valence-electron chi connectivity index (χ3n) is 2.23. The van der Waals surface area contributed by atoms with E-state index in [1.807, 2.05) is 0 Å². The van der Waals surface area contributed by atoms with E-state index in [9.17, 15) is 14.7 Å². The average molecular weight is 239 g/mol. The molecule has 0 aliphatic carbocycles. The van der Waals surface area contributed by atoms with Gasteiger partial charge in [-0.1, -0.05) is 6.92 Å². The summed E-state index contributed by atoms with van der Waals surface area (Å²) in [6.07, 6.45) is 0.530. The van der Waals surface area contributed by atoms with Gasteiger partial charge < -0.3 is 14.9 Å². The van der Waals surface area contributed by atoms with E-state index < -0.39 is 12.6 Å². The van der Waals surface area contributed by atoms with Gasteiger partial charge in [0.15, 0.2) is 6.29 Å². The normalized spacial score (nSPS) is 10.1. The van der Waals surface area contributed by atoms with E-state index in [1.165, 1.54) is 6.92 Å². The van der Waals surface area contributed by atoms with Gasteiger partial charge in [-0.25, -0.2) is 4.98 Å². The number of hydrogen-bond donors (Lipinski definition) is 2. The molecule has 0 aliphatic heterocycles. The van der Waals surface area contributed by atoms with Crippen molar-refractivity contribution in [3.8, 4) is 11.6 Å². The lowest BCUT2D eigenvalue weighted by atomic mass is 10.1. The Morgan fingerprint density at radius 2 is 2.18 bits per heavy atom. The number of carbonyl (C=O) groups excluding carboxylic acids is 2. The van der Waals surface area contributed by atoms with Gasteiger partial charge in [-0.05, 0) is 6.92 Å². The molecule has 6 heteroatoms. The van der Waals surface area contributed by atoms with Gasteiger partial charge in [0.25, 0.3) is 0 Å². The number of hydrogen-bond acceptors (Lipinski definition) is 6. The van der Waals surface area contributed by atoms with Gasteiger partial charge in [-0.15, -0.1) is 0 Å². The molecule has 1 heterocycles. The molecule has 0 spiro atoms. The number of rotatable bonds is 4. The van der Waals surface area contributed by atoms with Gasteiger partial charge in [0, 0.05) is 6.42 Å². The van der Waals surface area contributed by atoms with Crippen LogP contribution in [0.1, 0.15) is 35.0 Å². The van der Waals surface area contributed by atoms with Gasteiger partial charge >= 0.3 is 5.97 Å². The summed E-state index contributed by atoms with van der Waals surface area (Å²) in [5.74, 6) is -0.994. The maximum absolute atomic E-state index is 11.2. The second-order valence-electron chi connectivity index (χ2n) is 3.35. The Hall–Kier alpha value is -1.95. The van der Waals surface area contributed by atoms with Gasteiger partial charge in [-0.2, -0.15) is 0 Å². The van der Waals surface area contributed by atoms with Crippen molar-refractivity contribution < 1.29 is 24.5 Å². The van der Waals surface area contributed by atoms with Crippen LogP contribution in [0.2, 0.25) is 0 Å². The highest BCUT2D eigenvalue weighted by Gasteiger charge is 2.19. The predicted molar refractivity (Wildman–Crippen MR) is 57.9 cm³/mol. The summed E-state index contributed by atoms with van der Waals surface area (Å²) in [6.45, 7) is 2.52. The number of ether oxygens (including phenoxy) is 1. The van der Waals surface area contributed by atoms with Crippen molar-refractivity contribution in [3.63, 3.8) is 0 Å². The summed E-state index contributed by atoms with van der Waals surface area (Å²) in [4.78, 5) is 25.8. The minimum absolute atomic E-state index is 0.00454. The molecule has 0 unspecified atom stereocenters. The molecule has 0 amide bonds. The van der Waals surface area contributed by atoms with Crippen molar-refractivity contribution in [1.29, 1.82) is 0 Å². The molecular weight excluding hydrogens is 226 g/mol. The lowest BCUT2D eigenvalue weighted by Gasteiger charge is -2.11. The first-order chi connectivity index (χ1) is 8.04. The second-order valence-corrected chi connectivity index (χ2v) is 3.35. The molecule has 0 aromatic carbocycles. The molecule has 2 N–H and O–H groups in total. The average Bonchev–Trinajstić information content (AvgIpc) is 2.32. The van der Waals surface area contributed by atoms with Crippen molar-refractivity contribution in [3.05, 3.63) is 16.8 Å². The maximum Gasteiger partial charge on any atom is 0.312 e. The number of esters is 1. The fourth-order valence-electron chi connectivity index (χ4n) is 1.27. The monoisotopic (exact) mass is 239 g/mol. The second kappa shape index (κ2) is 5.40. The summed E-state index contributed by atoms with van der Waals surface area (Å²) in [6, 6.07) is 0. The summed E-state index contributed by atoms with van der Waals surface area (Å²) in [5, 5.41) is 18.7. The van der Waals surface area contributed by atoms with Crippen molar-refractivity contribution >= 4 is 12.3 Å². The Morgan fingerprint density at radius 1 is 1.53 bits per heavy atom. The molecular formula is C11H13NO5. The fraction of sp³-hybridized carbons (Fsp3) is 0.364. The van der Waals surface area contributed by atoms with E-state index in [1.54, 1.807) is 6.92 Å². The van der Waals surface area contributed by atoms with Crippen LogP contribution in [0.5, 0.6) is 11.6 Å². The Labute approximate surface area is 97.9 Å². The number of pyridine rings is 1.